The Morgan fingerprint density at radius 2 is 2.11 bits per heavy atom. The zero-order valence-corrected chi connectivity index (χ0v) is 9.77. The number of amides is 3. The van der Waals surface area contributed by atoms with E-state index in [0.717, 1.165) is 5.56 Å². The fourth-order valence-corrected chi connectivity index (χ4v) is 1.84. The van der Waals surface area contributed by atoms with Gasteiger partial charge in [-0.15, -0.1) is 0 Å². The summed E-state index contributed by atoms with van der Waals surface area (Å²) in [6, 6.07) is 4.16. The lowest BCUT2D eigenvalue weighted by molar-refractivity contribution is -0.120. The van der Waals surface area contributed by atoms with Crippen LogP contribution in [0.3, 0.4) is 0 Å². The monoisotopic (exact) mass is 248 g/mol. The quantitative estimate of drug-likeness (QED) is 0.821. The Hall–Kier alpha value is -2.37. The van der Waals surface area contributed by atoms with Crippen molar-refractivity contribution >= 4 is 23.6 Å². The molecular weight excluding hydrogens is 236 g/mol. The lowest BCUT2D eigenvalue weighted by Crippen LogP contribution is -2.50. The standard InChI is InChI=1S/C12H12N2O4/c1-7-2-3-8(11(16)17)9(6-7)14-5-4-10(15)13-12(14)18/h2-3,6H,4-5H2,1H3,(H,16,17)(H,13,15,18). The molecule has 0 radical (unpaired) electrons. The topological polar surface area (TPSA) is 86.7 Å². The number of rotatable bonds is 2. The van der Waals surface area contributed by atoms with Crippen LogP contribution in [0.2, 0.25) is 0 Å². The van der Waals surface area contributed by atoms with E-state index < -0.39 is 12.0 Å². The van der Waals surface area contributed by atoms with Gasteiger partial charge in [-0.3, -0.25) is 15.0 Å². The van der Waals surface area contributed by atoms with Crippen LogP contribution in [0, 0.1) is 6.92 Å². The molecule has 1 aliphatic rings. The third-order valence-electron chi connectivity index (χ3n) is 2.73. The van der Waals surface area contributed by atoms with Crippen molar-refractivity contribution in [1.29, 1.82) is 0 Å². The lowest BCUT2D eigenvalue weighted by atomic mass is 10.1. The van der Waals surface area contributed by atoms with Crippen molar-refractivity contribution in [1.82, 2.24) is 5.32 Å². The summed E-state index contributed by atoms with van der Waals surface area (Å²) in [5.41, 5.74) is 1.21. The van der Waals surface area contributed by atoms with Crippen LogP contribution in [0.25, 0.3) is 0 Å². The van der Waals surface area contributed by atoms with E-state index in [9.17, 15) is 14.4 Å². The fraction of sp³-hybridized carbons (Fsp3) is 0.250. The molecule has 1 saturated heterocycles. The van der Waals surface area contributed by atoms with E-state index in [0.29, 0.717) is 5.69 Å². The van der Waals surface area contributed by atoms with Gasteiger partial charge in [-0.2, -0.15) is 0 Å². The number of nitrogens with one attached hydrogen (secondary N) is 1. The number of carbonyl (C=O) groups is 3. The normalized spacial score (nSPS) is 15.5. The highest BCUT2D eigenvalue weighted by Crippen LogP contribution is 2.24. The second-order valence-electron chi connectivity index (χ2n) is 4.08. The Morgan fingerprint density at radius 1 is 1.39 bits per heavy atom. The van der Waals surface area contributed by atoms with E-state index in [1.165, 1.54) is 11.0 Å². The number of urea groups is 1. The molecule has 6 heteroatoms. The summed E-state index contributed by atoms with van der Waals surface area (Å²) < 4.78 is 0. The van der Waals surface area contributed by atoms with Gasteiger partial charge in [-0.05, 0) is 24.6 Å². The zero-order chi connectivity index (χ0) is 13.3. The van der Waals surface area contributed by atoms with Crippen molar-refractivity contribution in [2.24, 2.45) is 0 Å². The lowest BCUT2D eigenvalue weighted by Gasteiger charge is -2.27. The van der Waals surface area contributed by atoms with Crippen LogP contribution in [0.5, 0.6) is 0 Å². The van der Waals surface area contributed by atoms with Crippen molar-refractivity contribution in [3.8, 4) is 0 Å². The number of hydrogen-bond acceptors (Lipinski definition) is 3. The smallest absolute Gasteiger partial charge is 0.337 e. The summed E-state index contributed by atoms with van der Waals surface area (Å²) in [6.07, 6.45) is 0.165. The molecule has 1 heterocycles. The van der Waals surface area contributed by atoms with Crippen LogP contribution >= 0.6 is 0 Å². The number of anilines is 1. The SMILES string of the molecule is Cc1ccc(C(=O)O)c(N2CCC(=O)NC2=O)c1. The summed E-state index contributed by atoms with van der Waals surface area (Å²) in [7, 11) is 0. The number of carboxylic acids is 1. The third-order valence-corrected chi connectivity index (χ3v) is 2.73. The molecule has 2 rings (SSSR count). The first-order valence-corrected chi connectivity index (χ1v) is 5.44. The summed E-state index contributed by atoms with van der Waals surface area (Å²) in [4.78, 5) is 35.2. The summed E-state index contributed by atoms with van der Waals surface area (Å²) in [5.74, 6) is -1.45. The maximum absolute atomic E-state index is 11.7. The van der Waals surface area contributed by atoms with E-state index in [2.05, 4.69) is 5.32 Å². The van der Waals surface area contributed by atoms with Crippen molar-refractivity contribution < 1.29 is 19.5 Å². The Morgan fingerprint density at radius 3 is 2.72 bits per heavy atom. The number of aryl methyl sites for hydroxylation is 1. The van der Waals surface area contributed by atoms with Gasteiger partial charge in [0.05, 0.1) is 11.3 Å². The minimum Gasteiger partial charge on any atom is -0.478 e. The molecule has 94 valence electrons. The molecule has 6 nitrogen and oxygen atoms in total. The molecule has 0 aromatic heterocycles. The predicted molar refractivity (Wildman–Crippen MR) is 63.6 cm³/mol. The molecule has 0 atom stereocenters. The second-order valence-corrected chi connectivity index (χ2v) is 4.08. The van der Waals surface area contributed by atoms with Gasteiger partial charge in [0.1, 0.15) is 0 Å². The van der Waals surface area contributed by atoms with Crippen LogP contribution in [-0.2, 0) is 4.79 Å². The van der Waals surface area contributed by atoms with Gasteiger partial charge in [0.2, 0.25) is 5.91 Å². The maximum Gasteiger partial charge on any atom is 0.337 e. The van der Waals surface area contributed by atoms with Gasteiger partial charge in [-0.25, -0.2) is 9.59 Å². The van der Waals surface area contributed by atoms with E-state index in [-0.39, 0.29) is 24.4 Å². The Balaban J connectivity index is 2.43. The average molecular weight is 248 g/mol. The molecule has 0 saturated carbocycles. The Bertz CT molecular complexity index is 539. The van der Waals surface area contributed by atoms with Gasteiger partial charge in [0.15, 0.2) is 0 Å². The molecule has 2 N–H and O–H groups in total. The highest BCUT2D eigenvalue weighted by Gasteiger charge is 2.27. The molecule has 0 aliphatic carbocycles. The number of carbonyl (C=O) groups excluding carboxylic acids is 2. The van der Waals surface area contributed by atoms with E-state index >= 15 is 0 Å². The van der Waals surface area contributed by atoms with Crippen LogP contribution in [-0.4, -0.2) is 29.6 Å². The first-order chi connectivity index (χ1) is 8.49. The number of aromatic carboxylic acids is 1. The summed E-state index contributed by atoms with van der Waals surface area (Å²) in [6.45, 7) is 2.00. The molecule has 1 fully saturated rings. The largest absolute Gasteiger partial charge is 0.478 e. The van der Waals surface area contributed by atoms with Gasteiger partial charge in [0, 0.05) is 13.0 Å². The molecular formula is C12H12N2O4. The van der Waals surface area contributed by atoms with Crippen LogP contribution < -0.4 is 10.2 Å². The highest BCUT2D eigenvalue weighted by molar-refractivity contribution is 6.08. The van der Waals surface area contributed by atoms with E-state index in [1.54, 1.807) is 12.1 Å². The fourth-order valence-electron chi connectivity index (χ4n) is 1.84. The predicted octanol–water partition coefficient (Wildman–Crippen LogP) is 1.14. The number of imide groups is 1. The maximum atomic E-state index is 11.7. The summed E-state index contributed by atoms with van der Waals surface area (Å²) in [5, 5.41) is 11.3. The number of nitrogens with zero attached hydrogens (tertiary/aromatic N) is 1. The van der Waals surface area contributed by atoms with Gasteiger partial charge in [-0.1, -0.05) is 6.07 Å². The highest BCUT2D eigenvalue weighted by atomic mass is 16.4. The average Bonchev–Trinajstić information content (AvgIpc) is 2.28. The van der Waals surface area contributed by atoms with Crippen LogP contribution in [0.1, 0.15) is 22.3 Å². The van der Waals surface area contributed by atoms with Crippen molar-refractivity contribution in [3.05, 3.63) is 29.3 Å². The molecule has 1 aromatic carbocycles. The molecule has 0 spiro atoms. The number of carboxylic acid groups (broad SMARTS) is 1. The van der Waals surface area contributed by atoms with Crippen LogP contribution in [0.15, 0.2) is 18.2 Å². The third kappa shape index (κ3) is 2.17. The minimum absolute atomic E-state index is 0.0464. The molecule has 18 heavy (non-hydrogen) atoms. The minimum atomic E-state index is -1.10. The molecule has 1 aromatic rings. The number of hydrogen-bond donors (Lipinski definition) is 2. The molecule has 3 amide bonds. The van der Waals surface area contributed by atoms with Gasteiger partial charge in [0.25, 0.3) is 0 Å². The Labute approximate surface area is 103 Å². The van der Waals surface area contributed by atoms with Crippen molar-refractivity contribution in [2.75, 3.05) is 11.4 Å². The first kappa shape index (κ1) is 12.1. The van der Waals surface area contributed by atoms with Gasteiger partial charge < -0.3 is 5.11 Å². The first-order valence-electron chi connectivity index (χ1n) is 5.44. The molecule has 1 aliphatic heterocycles. The van der Waals surface area contributed by atoms with Gasteiger partial charge >= 0.3 is 12.0 Å². The zero-order valence-electron chi connectivity index (χ0n) is 9.77. The van der Waals surface area contributed by atoms with Crippen molar-refractivity contribution in [2.45, 2.75) is 13.3 Å². The van der Waals surface area contributed by atoms with Crippen molar-refractivity contribution in [3.63, 3.8) is 0 Å². The second kappa shape index (κ2) is 4.48. The van der Waals surface area contributed by atoms with Crippen LogP contribution in [0.4, 0.5) is 10.5 Å². The van der Waals surface area contributed by atoms with E-state index in [1.807, 2.05) is 6.92 Å². The molecule has 0 unspecified atom stereocenters. The van der Waals surface area contributed by atoms with E-state index in [4.69, 9.17) is 5.11 Å². The summed E-state index contributed by atoms with van der Waals surface area (Å²) >= 11 is 0. The number of benzene rings is 1. The Kier molecular flexibility index (Phi) is 3.01. The molecule has 0 bridgehead atoms.